The third-order valence-electron chi connectivity index (χ3n) is 2.97. The molecule has 0 unspecified atom stereocenters. The number of amides is 2. The number of hydrogen-bond donors (Lipinski definition) is 2. The molecule has 0 fully saturated rings. The second-order valence-corrected chi connectivity index (χ2v) is 5.95. The molecule has 0 saturated heterocycles. The van der Waals surface area contributed by atoms with Crippen LogP contribution in [-0.4, -0.2) is 41.8 Å². The van der Waals surface area contributed by atoms with Crippen molar-refractivity contribution in [3.8, 4) is 0 Å². The van der Waals surface area contributed by atoms with Crippen LogP contribution < -0.4 is 10.6 Å². The number of nitrogens with one attached hydrogen (secondary N) is 2. The van der Waals surface area contributed by atoms with E-state index in [-0.39, 0.29) is 24.9 Å². The minimum absolute atomic E-state index is 0.0419. The van der Waals surface area contributed by atoms with Gasteiger partial charge in [0.05, 0.1) is 28.8 Å². The third-order valence-corrected chi connectivity index (χ3v) is 3.52. The van der Waals surface area contributed by atoms with Gasteiger partial charge in [0.15, 0.2) is 0 Å². The number of anilines is 2. The van der Waals surface area contributed by atoms with Crippen molar-refractivity contribution in [2.24, 2.45) is 0 Å². The van der Waals surface area contributed by atoms with Crippen LogP contribution in [0.25, 0.3) is 0 Å². The van der Waals surface area contributed by atoms with Gasteiger partial charge in [-0.15, -0.1) is 0 Å². The Morgan fingerprint density at radius 2 is 1.71 bits per heavy atom. The number of carbonyl (C=O) groups excluding carboxylic acids is 2. The summed E-state index contributed by atoms with van der Waals surface area (Å²) in [6.07, 6.45) is 1.44. The first-order valence-electron chi connectivity index (χ1n) is 7.08. The fraction of sp³-hybridized carbons (Fsp3) is 0.188. The Morgan fingerprint density at radius 3 is 2.33 bits per heavy atom. The van der Waals surface area contributed by atoms with Crippen LogP contribution in [0.1, 0.15) is 0 Å². The van der Waals surface area contributed by atoms with E-state index < -0.39 is 0 Å². The number of benzene rings is 1. The molecule has 2 N–H and O–H groups in total. The number of carbonyl (C=O) groups is 2. The standard InChI is InChI=1S/C16H16Cl2N4O2/c1-22(9-15(23)20-13-5-3-2-4-12(13)18)10-16(24)21-14-7-6-11(17)8-19-14/h2-8H,9-10H2,1H3,(H,20,23)(H,19,21,24). The molecule has 1 aromatic carbocycles. The fourth-order valence-corrected chi connectivity index (χ4v) is 2.23. The highest BCUT2D eigenvalue weighted by atomic mass is 35.5. The fourth-order valence-electron chi connectivity index (χ4n) is 1.93. The molecule has 6 nitrogen and oxygen atoms in total. The minimum Gasteiger partial charge on any atom is -0.324 e. The molecule has 0 aliphatic carbocycles. The molecule has 0 atom stereocenters. The molecule has 2 amide bonds. The molecule has 0 saturated carbocycles. The van der Waals surface area contributed by atoms with Crippen molar-refractivity contribution >= 4 is 46.5 Å². The van der Waals surface area contributed by atoms with Crippen molar-refractivity contribution < 1.29 is 9.59 Å². The number of rotatable bonds is 6. The maximum Gasteiger partial charge on any atom is 0.239 e. The van der Waals surface area contributed by atoms with Crippen LogP contribution in [0.4, 0.5) is 11.5 Å². The second kappa shape index (κ2) is 8.63. The SMILES string of the molecule is CN(CC(=O)Nc1ccc(Cl)cn1)CC(=O)Nc1ccccc1Cl. The summed E-state index contributed by atoms with van der Waals surface area (Å²) in [7, 11) is 1.67. The van der Waals surface area contributed by atoms with E-state index in [0.717, 1.165) is 0 Å². The number of hydrogen-bond acceptors (Lipinski definition) is 4. The molecule has 126 valence electrons. The van der Waals surface area contributed by atoms with Crippen LogP contribution in [0.2, 0.25) is 10.0 Å². The molecule has 1 aromatic heterocycles. The maximum atomic E-state index is 12.0. The largest absolute Gasteiger partial charge is 0.324 e. The van der Waals surface area contributed by atoms with Gasteiger partial charge in [0.25, 0.3) is 0 Å². The molecule has 1 heterocycles. The lowest BCUT2D eigenvalue weighted by Gasteiger charge is -2.16. The Bertz CT molecular complexity index is 722. The van der Waals surface area contributed by atoms with E-state index in [9.17, 15) is 9.59 Å². The van der Waals surface area contributed by atoms with Crippen molar-refractivity contribution in [3.05, 3.63) is 52.6 Å². The smallest absolute Gasteiger partial charge is 0.239 e. The van der Waals surface area contributed by atoms with E-state index in [1.54, 1.807) is 48.3 Å². The Kier molecular flexibility index (Phi) is 6.54. The average molecular weight is 367 g/mol. The Hall–Kier alpha value is -2.15. The Balaban J connectivity index is 1.80. The van der Waals surface area contributed by atoms with Gasteiger partial charge < -0.3 is 10.6 Å². The summed E-state index contributed by atoms with van der Waals surface area (Å²) < 4.78 is 0. The van der Waals surface area contributed by atoms with E-state index >= 15 is 0 Å². The molecule has 0 aliphatic rings. The van der Waals surface area contributed by atoms with Gasteiger partial charge in [0.1, 0.15) is 5.82 Å². The topological polar surface area (TPSA) is 74.3 Å². The second-order valence-electron chi connectivity index (χ2n) is 5.11. The first-order chi connectivity index (χ1) is 11.4. The molecule has 8 heteroatoms. The number of aromatic nitrogens is 1. The predicted molar refractivity (Wildman–Crippen MR) is 95.5 cm³/mol. The van der Waals surface area contributed by atoms with Gasteiger partial charge in [-0.1, -0.05) is 35.3 Å². The van der Waals surface area contributed by atoms with Crippen LogP contribution in [-0.2, 0) is 9.59 Å². The zero-order valence-corrected chi connectivity index (χ0v) is 14.4. The summed E-state index contributed by atoms with van der Waals surface area (Å²) >= 11 is 11.7. The lowest BCUT2D eigenvalue weighted by molar-refractivity contribution is -0.119. The molecule has 2 aromatic rings. The third kappa shape index (κ3) is 5.81. The number of pyridine rings is 1. The van der Waals surface area contributed by atoms with E-state index in [1.165, 1.54) is 6.20 Å². The van der Waals surface area contributed by atoms with Crippen molar-refractivity contribution in [1.29, 1.82) is 0 Å². The number of halogens is 2. The van der Waals surface area contributed by atoms with Gasteiger partial charge in [-0.05, 0) is 31.3 Å². The van der Waals surface area contributed by atoms with E-state index in [4.69, 9.17) is 23.2 Å². The lowest BCUT2D eigenvalue weighted by atomic mass is 10.3. The van der Waals surface area contributed by atoms with Crippen molar-refractivity contribution in [3.63, 3.8) is 0 Å². The molecule has 24 heavy (non-hydrogen) atoms. The summed E-state index contributed by atoms with van der Waals surface area (Å²) in [5, 5.41) is 6.27. The van der Waals surface area contributed by atoms with E-state index in [2.05, 4.69) is 15.6 Å². The first kappa shape index (κ1) is 18.2. The van der Waals surface area contributed by atoms with Gasteiger partial charge in [-0.25, -0.2) is 4.98 Å². The molecular formula is C16H16Cl2N4O2. The summed E-state index contributed by atoms with van der Waals surface area (Å²) in [5.74, 6) is -0.140. The number of nitrogens with zero attached hydrogens (tertiary/aromatic N) is 2. The molecule has 0 aliphatic heterocycles. The predicted octanol–water partition coefficient (Wildman–Crippen LogP) is 2.90. The summed E-state index contributed by atoms with van der Waals surface area (Å²) in [5.41, 5.74) is 0.535. The van der Waals surface area contributed by atoms with Crippen LogP contribution in [0.3, 0.4) is 0 Å². The van der Waals surface area contributed by atoms with E-state index in [1.807, 2.05) is 0 Å². The average Bonchev–Trinajstić information content (AvgIpc) is 2.51. The normalized spacial score (nSPS) is 10.5. The van der Waals surface area contributed by atoms with Crippen molar-refractivity contribution in [1.82, 2.24) is 9.88 Å². The molecular weight excluding hydrogens is 351 g/mol. The maximum absolute atomic E-state index is 12.0. The Morgan fingerprint density at radius 1 is 1.04 bits per heavy atom. The van der Waals surface area contributed by atoms with Gasteiger partial charge in [-0.3, -0.25) is 14.5 Å². The Labute approximate surface area is 149 Å². The van der Waals surface area contributed by atoms with Crippen LogP contribution in [0.5, 0.6) is 0 Å². The molecule has 0 spiro atoms. The van der Waals surface area contributed by atoms with Crippen LogP contribution >= 0.6 is 23.2 Å². The van der Waals surface area contributed by atoms with Gasteiger partial charge in [0.2, 0.25) is 11.8 Å². The van der Waals surface area contributed by atoms with Crippen molar-refractivity contribution in [2.75, 3.05) is 30.8 Å². The summed E-state index contributed by atoms with van der Waals surface area (Å²) in [6, 6.07) is 10.2. The summed E-state index contributed by atoms with van der Waals surface area (Å²) in [6.45, 7) is 0.0902. The van der Waals surface area contributed by atoms with Gasteiger partial charge >= 0.3 is 0 Å². The molecule has 0 bridgehead atoms. The van der Waals surface area contributed by atoms with E-state index in [0.29, 0.717) is 21.6 Å². The number of para-hydroxylation sites is 1. The monoisotopic (exact) mass is 366 g/mol. The lowest BCUT2D eigenvalue weighted by Crippen LogP contribution is -2.36. The van der Waals surface area contributed by atoms with Crippen molar-refractivity contribution in [2.45, 2.75) is 0 Å². The van der Waals surface area contributed by atoms with Gasteiger partial charge in [-0.2, -0.15) is 0 Å². The highest BCUT2D eigenvalue weighted by Crippen LogP contribution is 2.20. The van der Waals surface area contributed by atoms with Gasteiger partial charge in [0, 0.05) is 6.20 Å². The zero-order valence-electron chi connectivity index (χ0n) is 12.9. The van der Waals surface area contributed by atoms with Crippen LogP contribution in [0, 0.1) is 0 Å². The first-order valence-corrected chi connectivity index (χ1v) is 7.84. The molecule has 2 rings (SSSR count). The minimum atomic E-state index is -0.280. The highest BCUT2D eigenvalue weighted by Gasteiger charge is 2.12. The summed E-state index contributed by atoms with van der Waals surface area (Å²) in [4.78, 5) is 29.5. The van der Waals surface area contributed by atoms with Crippen LogP contribution in [0.15, 0.2) is 42.6 Å². The number of likely N-dealkylation sites (N-methyl/N-ethyl adjacent to an activating group) is 1. The quantitative estimate of drug-likeness (QED) is 0.824. The highest BCUT2D eigenvalue weighted by molar-refractivity contribution is 6.33. The molecule has 0 radical (unpaired) electrons. The zero-order chi connectivity index (χ0) is 17.5.